The summed E-state index contributed by atoms with van der Waals surface area (Å²) in [7, 11) is 1.75. The molecule has 0 radical (unpaired) electrons. The van der Waals surface area contributed by atoms with Gasteiger partial charge in [0.2, 0.25) is 5.91 Å². The van der Waals surface area contributed by atoms with Gasteiger partial charge in [0.25, 0.3) is 0 Å². The molecule has 0 aromatic heterocycles. The number of hydrogen-bond acceptors (Lipinski definition) is 2. The van der Waals surface area contributed by atoms with Crippen molar-refractivity contribution >= 4 is 5.91 Å². The maximum atomic E-state index is 10.7. The average Bonchev–Trinajstić information content (AvgIpc) is 1.91. The quantitative estimate of drug-likeness (QED) is 0.640. The number of nitrogens with one attached hydrogen (secondary N) is 2. The van der Waals surface area contributed by atoms with Crippen LogP contribution in [0.5, 0.6) is 0 Å². The van der Waals surface area contributed by atoms with Crippen molar-refractivity contribution in [1.82, 2.24) is 10.6 Å². The van der Waals surface area contributed by atoms with Gasteiger partial charge >= 0.3 is 0 Å². The van der Waals surface area contributed by atoms with E-state index in [1.54, 1.807) is 7.05 Å². The summed E-state index contributed by atoms with van der Waals surface area (Å²) in [5.74, 6) is 0.0486. The van der Waals surface area contributed by atoms with Gasteiger partial charge in [0.05, 0.1) is 6.54 Å². The second kappa shape index (κ2) is 9.43. The van der Waals surface area contributed by atoms with Crippen LogP contribution in [0, 0.1) is 0 Å². The van der Waals surface area contributed by atoms with E-state index in [9.17, 15) is 4.79 Å². The lowest BCUT2D eigenvalue weighted by Crippen LogP contribution is -2.36. The summed E-state index contributed by atoms with van der Waals surface area (Å²) in [6.07, 6.45) is 0. The molecular weight excluding hydrogens is 140 g/mol. The molecule has 0 rings (SSSR count). The van der Waals surface area contributed by atoms with Crippen LogP contribution in [-0.2, 0) is 4.79 Å². The van der Waals surface area contributed by atoms with Crippen molar-refractivity contribution in [2.75, 3.05) is 13.6 Å². The Balaban J connectivity index is 0. The minimum absolute atomic E-state index is 0.0486. The van der Waals surface area contributed by atoms with E-state index in [0.717, 1.165) is 0 Å². The molecule has 0 saturated heterocycles. The average molecular weight is 160 g/mol. The van der Waals surface area contributed by atoms with Crippen LogP contribution in [0.25, 0.3) is 0 Å². The van der Waals surface area contributed by atoms with Gasteiger partial charge < -0.3 is 10.6 Å². The Labute approximate surface area is 69.6 Å². The number of amides is 1. The minimum atomic E-state index is 0.0486. The lowest BCUT2D eigenvalue weighted by molar-refractivity contribution is -0.120. The third kappa shape index (κ3) is 12.6. The van der Waals surface area contributed by atoms with Crippen LogP contribution >= 0.6 is 0 Å². The molecule has 0 aliphatic rings. The molecule has 0 aliphatic carbocycles. The van der Waals surface area contributed by atoms with E-state index < -0.39 is 0 Å². The molecule has 0 atom stereocenters. The number of carbonyl (C=O) groups is 1. The highest BCUT2D eigenvalue weighted by Crippen LogP contribution is 1.74. The van der Waals surface area contributed by atoms with Gasteiger partial charge in [0, 0.05) is 6.04 Å². The van der Waals surface area contributed by atoms with Crippen molar-refractivity contribution < 1.29 is 4.79 Å². The third-order valence-electron chi connectivity index (χ3n) is 0.787. The first-order chi connectivity index (χ1) is 5.16. The first-order valence-corrected chi connectivity index (χ1v) is 4.10. The van der Waals surface area contributed by atoms with E-state index in [4.69, 9.17) is 0 Å². The fourth-order valence-corrected chi connectivity index (χ4v) is 0.534. The molecule has 0 aromatic rings. The normalized spacial score (nSPS) is 8.55. The summed E-state index contributed by atoms with van der Waals surface area (Å²) in [6, 6.07) is 0.242. The van der Waals surface area contributed by atoms with E-state index in [1.165, 1.54) is 0 Å². The minimum Gasteiger partial charge on any atom is -0.353 e. The largest absolute Gasteiger partial charge is 0.353 e. The van der Waals surface area contributed by atoms with Gasteiger partial charge in [-0.15, -0.1) is 0 Å². The predicted octanol–water partition coefficient (Wildman–Crippen LogP) is 0.757. The van der Waals surface area contributed by atoms with Crippen LogP contribution in [0.15, 0.2) is 0 Å². The van der Waals surface area contributed by atoms with E-state index >= 15 is 0 Å². The van der Waals surface area contributed by atoms with Crippen molar-refractivity contribution in [3.8, 4) is 0 Å². The number of rotatable bonds is 3. The number of likely N-dealkylation sites (N-methyl/N-ethyl adjacent to an activating group) is 1. The van der Waals surface area contributed by atoms with E-state index in [1.807, 2.05) is 27.7 Å². The topological polar surface area (TPSA) is 41.1 Å². The second-order valence-electron chi connectivity index (χ2n) is 2.25. The third-order valence-corrected chi connectivity index (χ3v) is 0.787. The molecule has 0 unspecified atom stereocenters. The first kappa shape index (κ1) is 13.1. The van der Waals surface area contributed by atoms with Crippen LogP contribution in [0.4, 0.5) is 0 Å². The Morgan fingerprint density at radius 1 is 1.36 bits per heavy atom. The Kier molecular flexibility index (Phi) is 11.2. The van der Waals surface area contributed by atoms with Gasteiger partial charge in [0.15, 0.2) is 0 Å². The molecule has 0 heterocycles. The molecule has 0 aliphatic heterocycles. The molecular formula is C8H20N2O. The highest BCUT2D eigenvalue weighted by molar-refractivity contribution is 5.78. The van der Waals surface area contributed by atoms with Gasteiger partial charge in [-0.3, -0.25) is 4.79 Å². The maximum absolute atomic E-state index is 10.7. The SMILES string of the molecule is CC.CNCC(=O)NC(C)C. The fraction of sp³-hybridized carbons (Fsp3) is 0.875. The van der Waals surface area contributed by atoms with Crippen molar-refractivity contribution in [2.24, 2.45) is 0 Å². The molecule has 0 bridgehead atoms. The van der Waals surface area contributed by atoms with Gasteiger partial charge in [-0.1, -0.05) is 13.8 Å². The first-order valence-electron chi connectivity index (χ1n) is 4.10. The second-order valence-corrected chi connectivity index (χ2v) is 2.25. The van der Waals surface area contributed by atoms with Crippen molar-refractivity contribution in [3.63, 3.8) is 0 Å². The monoisotopic (exact) mass is 160 g/mol. The zero-order valence-electron chi connectivity index (χ0n) is 8.19. The van der Waals surface area contributed by atoms with E-state index in [2.05, 4.69) is 10.6 Å². The maximum Gasteiger partial charge on any atom is 0.234 e. The summed E-state index contributed by atoms with van der Waals surface area (Å²) < 4.78 is 0. The molecule has 0 aromatic carbocycles. The Morgan fingerprint density at radius 3 is 2.09 bits per heavy atom. The number of hydrogen-bond donors (Lipinski definition) is 2. The summed E-state index contributed by atoms with van der Waals surface area (Å²) in [5, 5.41) is 5.50. The standard InChI is InChI=1S/C6H14N2O.C2H6/c1-5(2)8-6(9)4-7-3;1-2/h5,7H,4H2,1-3H3,(H,8,9);1-2H3. The summed E-state index contributed by atoms with van der Waals surface area (Å²) in [4.78, 5) is 10.7. The molecule has 3 heteroatoms. The molecule has 0 spiro atoms. The molecule has 1 amide bonds. The Bertz CT molecular complexity index is 92.1. The van der Waals surface area contributed by atoms with E-state index in [0.29, 0.717) is 6.54 Å². The molecule has 3 nitrogen and oxygen atoms in total. The van der Waals surface area contributed by atoms with Gasteiger partial charge in [-0.25, -0.2) is 0 Å². The molecule has 2 N–H and O–H groups in total. The fourth-order valence-electron chi connectivity index (χ4n) is 0.534. The zero-order chi connectivity index (χ0) is 9.28. The smallest absolute Gasteiger partial charge is 0.234 e. The molecule has 11 heavy (non-hydrogen) atoms. The van der Waals surface area contributed by atoms with Crippen LogP contribution in [0.3, 0.4) is 0 Å². The lowest BCUT2D eigenvalue weighted by Gasteiger charge is -2.06. The summed E-state index contributed by atoms with van der Waals surface area (Å²) >= 11 is 0. The van der Waals surface area contributed by atoms with Gasteiger partial charge in [-0.2, -0.15) is 0 Å². The van der Waals surface area contributed by atoms with Crippen molar-refractivity contribution in [2.45, 2.75) is 33.7 Å². The van der Waals surface area contributed by atoms with Gasteiger partial charge in [-0.05, 0) is 20.9 Å². The predicted molar refractivity (Wildman–Crippen MR) is 48.6 cm³/mol. The highest BCUT2D eigenvalue weighted by atomic mass is 16.1. The van der Waals surface area contributed by atoms with Gasteiger partial charge in [0.1, 0.15) is 0 Å². The van der Waals surface area contributed by atoms with Crippen molar-refractivity contribution in [1.29, 1.82) is 0 Å². The number of carbonyl (C=O) groups excluding carboxylic acids is 1. The van der Waals surface area contributed by atoms with Crippen LogP contribution in [0.2, 0.25) is 0 Å². The zero-order valence-corrected chi connectivity index (χ0v) is 8.19. The van der Waals surface area contributed by atoms with Crippen LogP contribution in [0.1, 0.15) is 27.7 Å². The van der Waals surface area contributed by atoms with Crippen LogP contribution in [-0.4, -0.2) is 25.5 Å². The highest BCUT2D eigenvalue weighted by Gasteiger charge is 1.98. The molecule has 0 fully saturated rings. The summed E-state index contributed by atoms with van der Waals surface area (Å²) in [6.45, 7) is 8.28. The molecule has 68 valence electrons. The molecule has 0 saturated carbocycles. The Hall–Kier alpha value is -0.570. The summed E-state index contributed by atoms with van der Waals surface area (Å²) in [5.41, 5.74) is 0. The van der Waals surface area contributed by atoms with Crippen LogP contribution < -0.4 is 10.6 Å². The lowest BCUT2D eigenvalue weighted by atomic mass is 10.4. The Morgan fingerprint density at radius 2 is 1.82 bits per heavy atom. The van der Waals surface area contributed by atoms with E-state index in [-0.39, 0.29) is 11.9 Å². The van der Waals surface area contributed by atoms with Crippen molar-refractivity contribution in [3.05, 3.63) is 0 Å².